The summed E-state index contributed by atoms with van der Waals surface area (Å²) in [6.07, 6.45) is -7.52. The van der Waals surface area contributed by atoms with Crippen LogP contribution in [0.3, 0.4) is 0 Å². The molecule has 0 fully saturated rings. The molecule has 0 aliphatic rings. The maximum Gasteiger partial charge on any atom is 0.416 e. The monoisotopic (exact) mass is 583 g/mol. The molecule has 1 unspecified atom stereocenters. The Morgan fingerprint density at radius 3 is 1.80 bits per heavy atom. The first-order valence-corrected chi connectivity index (χ1v) is 11.2. The number of ether oxygens (including phenoxy) is 3. The number of benzene rings is 3. The molecule has 0 heterocycles. The lowest BCUT2D eigenvalue weighted by atomic mass is 10.2. The minimum atomic E-state index is -4.71. The van der Waals surface area contributed by atoms with Crippen LogP contribution < -0.4 is 10.1 Å². The smallest absolute Gasteiger partial charge is 0.416 e. The zero-order chi connectivity index (χ0) is 30.5. The molecular weight excluding hydrogens is 563 g/mol. The minimum Gasteiger partial charge on any atom is -0.504 e. The Hall–Kier alpha value is -5.54. The van der Waals surface area contributed by atoms with E-state index in [1.807, 2.05) is 0 Å². The molecule has 218 valence electrons. The van der Waals surface area contributed by atoms with E-state index in [0.29, 0.717) is 6.07 Å². The van der Waals surface area contributed by atoms with Crippen LogP contribution in [-0.2, 0) is 15.7 Å². The molecule has 0 radical (unpaired) electrons. The van der Waals surface area contributed by atoms with Gasteiger partial charge in [-0.1, -0.05) is 6.07 Å². The fraction of sp³-hybridized carbons (Fsp3) is 0.160. The number of rotatable bonds is 8. The number of phenols is 6. The Morgan fingerprint density at radius 2 is 1.29 bits per heavy atom. The van der Waals surface area contributed by atoms with Gasteiger partial charge in [0.15, 0.2) is 40.6 Å². The summed E-state index contributed by atoms with van der Waals surface area (Å²) in [5.74, 6) is -8.21. The first-order chi connectivity index (χ1) is 19.1. The zero-order valence-electron chi connectivity index (χ0n) is 20.4. The van der Waals surface area contributed by atoms with Crippen LogP contribution in [0.15, 0.2) is 48.5 Å². The summed E-state index contributed by atoms with van der Waals surface area (Å²) in [5.41, 5.74) is -2.00. The second-order valence-corrected chi connectivity index (χ2v) is 8.15. The molecule has 7 N–H and O–H groups in total. The lowest BCUT2D eigenvalue weighted by Crippen LogP contribution is -2.39. The molecule has 0 spiro atoms. The van der Waals surface area contributed by atoms with Crippen molar-refractivity contribution in [2.75, 3.05) is 13.2 Å². The molecule has 3 aromatic rings. The number of hydrogen-bond donors (Lipinski definition) is 7. The van der Waals surface area contributed by atoms with E-state index in [1.54, 1.807) is 0 Å². The number of nitrogens with one attached hydrogen (secondary N) is 1. The molecule has 0 saturated heterocycles. The van der Waals surface area contributed by atoms with Crippen molar-refractivity contribution in [1.29, 1.82) is 0 Å². The van der Waals surface area contributed by atoms with E-state index in [1.165, 1.54) is 0 Å². The number of carbonyl (C=O) groups is 3. The van der Waals surface area contributed by atoms with Crippen LogP contribution in [0.4, 0.5) is 18.0 Å². The number of aromatic hydroxyl groups is 6. The van der Waals surface area contributed by atoms with Crippen molar-refractivity contribution >= 4 is 18.0 Å². The van der Waals surface area contributed by atoms with Gasteiger partial charge in [-0.3, -0.25) is 0 Å². The number of hydrogen-bond acceptors (Lipinski definition) is 12. The molecule has 0 saturated carbocycles. The fourth-order valence-electron chi connectivity index (χ4n) is 3.13. The first-order valence-electron chi connectivity index (χ1n) is 11.2. The van der Waals surface area contributed by atoms with Gasteiger partial charge in [-0.2, -0.15) is 13.2 Å². The highest BCUT2D eigenvalue weighted by Crippen LogP contribution is 2.36. The highest BCUT2D eigenvalue weighted by molar-refractivity contribution is 5.92. The average Bonchev–Trinajstić information content (AvgIpc) is 2.90. The Morgan fingerprint density at radius 1 is 0.780 bits per heavy atom. The third kappa shape index (κ3) is 7.75. The van der Waals surface area contributed by atoms with Crippen LogP contribution in [0.1, 0.15) is 26.3 Å². The molecule has 16 heteroatoms. The van der Waals surface area contributed by atoms with E-state index in [2.05, 4.69) is 5.32 Å². The van der Waals surface area contributed by atoms with Crippen molar-refractivity contribution in [2.45, 2.75) is 12.3 Å². The van der Waals surface area contributed by atoms with Crippen LogP contribution >= 0.6 is 0 Å². The summed E-state index contributed by atoms with van der Waals surface area (Å²) < 4.78 is 53.6. The predicted octanol–water partition coefficient (Wildman–Crippen LogP) is 3.11. The van der Waals surface area contributed by atoms with Crippen molar-refractivity contribution in [3.05, 3.63) is 65.2 Å². The van der Waals surface area contributed by atoms with E-state index in [9.17, 15) is 58.2 Å². The van der Waals surface area contributed by atoms with Crippen molar-refractivity contribution < 1.29 is 72.4 Å². The van der Waals surface area contributed by atoms with Crippen LogP contribution in [0.5, 0.6) is 40.2 Å². The van der Waals surface area contributed by atoms with E-state index >= 15 is 0 Å². The second-order valence-electron chi connectivity index (χ2n) is 8.15. The first kappa shape index (κ1) is 30.0. The Kier molecular flexibility index (Phi) is 8.86. The Labute approximate surface area is 227 Å². The van der Waals surface area contributed by atoms with Gasteiger partial charge in [0.25, 0.3) is 0 Å². The quantitative estimate of drug-likeness (QED) is 0.151. The number of phenolic OH excluding ortho intramolecular Hbond substituents is 6. The van der Waals surface area contributed by atoms with Gasteiger partial charge in [0.1, 0.15) is 12.4 Å². The molecule has 0 aliphatic carbocycles. The van der Waals surface area contributed by atoms with Gasteiger partial charge < -0.3 is 50.2 Å². The summed E-state index contributed by atoms with van der Waals surface area (Å²) in [5, 5.41) is 59.4. The van der Waals surface area contributed by atoms with Gasteiger partial charge >= 0.3 is 24.2 Å². The molecule has 1 amide bonds. The fourth-order valence-corrected chi connectivity index (χ4v) is 3.13. The predicted molar refractivity (Wildman–Crippen MR) is 128 cm³/mol. The number of halogens is 3. The van der Waals surface area contributed by atoms with Gasteiger partial charge in [-0.25, -0.2) is 14.4 Å². The molecule has 0 aliphatic heterocycles. The molecule has 13 nitrogen and oxygen atoms in total. The van der Waals surface area contributed by atoms with E-state index in [-0.39, 0.29) is 0 Å². The normalized spacial score (nSPS) is 11.8. The van der Waals surface area contributed by atoms with Crippen LogP contribution in [0.25, 0.3) is 0 Å². The van der Waals surface area contributed by atoms with Crippen LogP contribution in [0.2, 0.25) is 0 Å². The van der Waals surface area contributed by atoms with E-state index in [4.69, 9.17) is 14.2 Å². The van der Waals surface area contributed by atoms with E-state index in [0.717, 1.165) is 42.5 Å². The third-order valence-electron chi connectivity index (χ3n) is 5.13. The third-order valence-corrected chi connectivity index (χ3v) is 5.13. The Bertz CT molecular complexity index is 1430. The van der Waals surface area contributed by atoms with Gasteiger partial charge in [-0.05, 0) is 42.5 Å². The molecule has 1 atom stereocenters. The summed E-state index contributed by atoms with van der Waals surface area (Å²) in [4.78, 5) is 37.1. The topological polar surface area (TPSA) is 212 Å². The van der Waals surface area contributed by atoms with Crippen LogP contribution in [-0.4, -0.2) is 67.9 Å². The highest BCUT2D eigenvalue weighted by atomic mass is 19.4. The van der Waals surface area contributed by atoms with Crippen molar-refractivity contribution in [3.8, 4) is 40.2 Å². The van der Waals surface area contributed by atoms with Gasteiger partial charge in [0, 0.05) is 0 Å². The number of esters is 2. The summed E-state index contributed by atoms with van der Waals surface area (Å²) in [7, 11) is 0. The molecule has 0 bridgehead atoms. The van der Waals surface area contributed by atoms with Gasteiger partial charge in [-0.15, -0.1) is 0 Å². The largest absolute Gasteiger partial charge is 0.504 e. The number of alkyl halides is 3. The summed E-state index contributed by atoms with van der Waals surface area (Å²) in [6.45, 7) is -1.45. The lowest BCUT2D eigenvalue weighted by Gasteiger charge is -2.19. The molecule has 0 aromatic heterocycles. The summed E-state index contributed by atoms with van der Waals surface area (Å²) >= 11 is 0. The SMILES string of the molecule is O=C(NCC(COC(=O)c1cc(O)c(O)c(O)c1)OC(=O)c1cc(O)c(O)c(O)c1)Oc1cccc(C(F)(F)F)c1. The van der Waals surface area contributed by atoms with Crippen molar-refractivity contribution in [1.82, 2.24) is 5.32 Å². The highest BCUT2D eigenvalue weighted by Gasteiger charge is 2.31. The maximum absolute atomic E-state index is 12.9. The number of carbonyl (C=O) groups excluding carboxylic acids is 3. The lowest BCUT2D eigenvalue weighted by molar-refractivity contribution is -0.137. The van der Waals surface area contributed by atoms with Crippen LogP contribution in [0, 0.1) is 0 Å². The second kappa shape index (κ2) is 12.1. The van der Waals surface area contributed by atoms with Crippen molar-refractivity contribution in [3.63, 3.8) is 0 Å². The molecule has 3 aromatic carbocycles. The maximum atomic E-state index is 12.9. The standard InChI is InChI=1S/C25H20F3NO12/c26-25(27,28)13-2-1-3-14(8-13)41-24(38)29-9-15(40-23(37)12-6-18(32)21(35)19(33)7-12)10-39-22(36)11-4-16(30)20(34)17(31)5-11/h1-8,15,30-35H,9-10H2,(H,29,38). The van der Waals surface area contributed by atoms with Gasteiger partial charge in [0.2, 0.25) is 0 Å². The summed E-state index contributed by atoms with van der Waals surface area (Å²) in [6, 6.07) is 6.36. The van der Waals surface area contributed by atoms with E-state index < -0.39 is 100 Å². The van der Waals surface area contributed by atoms with Crippen molar-refractivity contribution in [2.24, 2.45) is 0 Å². The van der Waals surface area contributed by atoms with Gasteiger partial charge in [0.05, 0.1) is 23.2 Å². The number of amides is 1. The molecule has 41 heavy (non-hydrogen) atoms. The molecule has 3 rings (SSSR count). The molecular formula is C25H20F3NO12. The zero-order valence-corrected chi connectivity index (χ0v) is 20.4. The minimum absolute atomic E-state index is 0.437. The Balaban J connectivity index is 1.73. The average molecular weight is 583 g/mol.